The Labute approximate surface area is 110 Å². The zero-order valence-corrected chi connectivity index (χ0v) is 11.1. The minimum absolute atomic E-state index is 0.228. The molecule has 2 rings (SSSR count). The average molecular weight is 271 g/mol. The Balaban J connectivity index is 2.63. The number of rotatable bonds is 3. The lowest BCUT2D eigenvalue weighted by Crippen LogP contribution is -2.03. The monoisotopic (exact) mass is 270 g/mol. The van der Waals surface area contributed by atoms with Crippen LogP contribution in [0.3, 0.4) is 0 Å². The van der Waals surface area contributed by atoms with E-state index in [2.05, 4.69) is 16.9 Å². The first-order valence-corrected chi connectivity index (χ1v) is 5.97. The Morgan fingerprint density at radius 3 is 2.71 bits per heavy atom. The molecule has 0 aliphatic carbocycles. The number of pyridine rings is 2. The smallest absolute Gasteiger partial charge is 0.138 e. The van der Waals surface area contributed by atoms with E-state index in [1.807, 2.05) is 6.07 Å². The van der Waals surface area contributed by atoms with Crippen LogP contribution >= 0.6 is 23.2 Å². The van der Waals surface area contributed by atoms with Crippen LogP contribution in [0.2, 0.25) is 10.3 Å². The van der Waals surface area contributed by atoms with Crippen molar-refractivity contribution in [1.29, 1.82) is 0 Å². The highest BCUT2D eigenvalue weighted by Gasteiger charge is 2.13. The van der Waals surface area contributed by atoms with Crippen molar-refractivity contribution >= 4 is 34.0 Å². The lowest BCUT2D eigenvalue weighted by Gasteiger charge is -2.13. The Bertz CT molecular complexity index is 545. The van der Waals surface area contributed by atoms with Crippen molar-refractivity contribution in [3.63, 3.8) is 0 Å². The molecule has 0 bridgehead atoms. The van der Waals surface area contributed by atoms with Crippen LogP contribution in [-0.4, -0.2) is 23.7 Å². The summed E-state index contributed by atoms with van der Waals surface area (Å²) in [7, 11) is 1.68. The van der Waals surface area contributed by atoms with Gasteiger partial charge in [-0.15, -0.1) is 0 Å². The Kier molecular flexibility index (Phi) is 3.82. The summed E-state index contributed by atoms with van der Waals surface area (Å²) in [5, 5.41) is 2.69. The maximum absolute atomic E-state index is 6.04. The molecule has 0 aliphatic rings. The molecule has 0 aromatic carbocycles. The molecule has 3 nitrogen and oxygen atoms in total. The molecule has 0 aliphatic heterocycles. The minimum Gasteiger partial charge on any atom is -0.384 e. The van der Waals surface area contributed by atoms with Gasteiger partial charge in [0.25, 0.3) is 0 Å². The molecule has 0 unspecified atom stereocenters. The fourth-order valence-electron chi connectivity index (χ4n) is 1.83. The van der Waals surface area contributed by atoms with Crippen LogP contribution < -0.4 is 0 Å². The van der Waals surface area contributed by atoms with E-state index in [0.29, 0.717) is 16.9 Å². The SMILES string of the molecule is COC[C@H](C)c1cnc(Cl)c2cnc(Cl)cc12. The average Bonchev–Trinajstić information content (AvgIpc) is 2.29. The van der Waals surface area contributed by atoms with E-state index in [-0.39, 0.29) is 5.92 Å². The first-order valence-electron chi connectivity index (χ1n) is 5.22. The molecule has 0 radical (unpaired) electrons. The summed E-state index contributed by atoms with van der Waals surface area (Å²) in [6, 6.07) is 1.81. The summed E-state index contributed by atoms with van der Waals surface area (Å²) in [5.74, 6) is 0.228. The van der Waals surface area contributed by atoms with Crippen LogP contribution in [0.4, 0.5) is 0 Å². The van der Waals surface area contributed by atoms with Crippen molar-refractivity contribution < 1.29 is 4.74 Å². The number of aromatic nitrogens is 2. The van der Waals surface area contributed by atoms with Crippen molar-refractivity contribution in [1.82, 2.24) is 9.97 Å². The van der Waals surface area contributed by atoms with Crippen molar-refractivity contribution in [3.05, 3.63) is 34.3 Å². The number of halogens is 2. The zero-order chi connectivity index (χ0) is 12.4. The fourth-order valence-corrected chi connectivity index (χ4v) is 2.19. The number of fused-ring (bicyclic) bond motifs is 1. The summed E-state index contributed by atoms with van der Waals surface area (Å²) < 4.78 is 5.16. The summed E-state index contributed by atoms with van der Waals surface area (Å²) in [6.45, 7) is 2.69. The van der Waals surface area contributed by atoms with Crippen molar-refractivity contribution in [2.24, 2.45) is 0 Å². The van der Waals surface area contributed by atoms with Crippen LogP contribution in [0.5, 0.6) is 0 Å². The predicted molar refractivity (Wildman–Crippen MR) is 69.8 cm³/mol. The van der Waals surface area contributed by atoms with Gasteiger partial charge in [-0.3, -0.25) is 0 Å². The van der Waals surface area contributed by atoms with E-state index < -0.39 is 0 Å². The van der Waals surface area contributed by atoms with Gasteiger partial charge in [0.15, 0.2) is 0 Å². The summed E-state index contributed by atoms with van der Waals surface area (Å²) in [6.07, 6.45) is 3.42. The van der Waals surface area contributed by atoms with Gasteiger partial charge in [0, 0.05) is 30.8 Å². The van der Waals surface area contributed by atoms with E-state index in [1.54, 1.807) is 19.5 Å². The van der Waals surface area contributed by atoms with E-state index in [1.165, 1.54) is 0 Å². The number of nitrogens with zero attached hydrogens (tertiary/aromatic N) is 2. The van der Waals surface area contributed by atoms with E-state index >= 15 is 0 Å². The molecule has 0 saturated carbocycles. The van der Waals surface area contributed by atoms with Crippen molar-refractivity contribution in [2.75, 3.05) is 13.7 Å². The Morgan fingerprint density at radius 2 is 2.00 bits per heavy atom. The second-order valence-electron chi connectivity index (χ2n) is 3.91. The number of hydrogen-bond acceptors (Lipinski definition) is 3. The van der Waals surface area contributed by atoms with Gasteiger partial charge in [-0.05, 0) is 17.0 Å². The highest BCUT2D eigenvalue weighted by molar-refractivity contribution is 6.35. The van der Waals surface area contributed by atoms with Gasteiger partial charge in [0.05, 0.1) is 6.61 Å². The van der Waals surface area contributed by atoms with E-state index in [4.69, 9.17) is 27.9 Å². The molecule has 17 heavy (non-hydrogen) atoms. The number of methoxy groups -OCH3 is 1. The summed E-state index contributed by atoms with van der Waals surface area (Å²) in [5.41, 5.74) is 1.07. The Morgan fingerprint density at radius 1 is 1.24 bits per heavy atom. The van der Waals surface area contributed by atoms with Gasteiger partial charge in [-0.2, -0.15) is 0 Å². The maximum atomic E-state index is 6.04. The molecule has 2 heterocycles. The summed E-state index contributed by atoms with van der Waals surface area (Å²) in [4.78, 5) is 8.19. The summed E-state index contributed by atoms with van der Waals surface area (Å²) >= 11 is 12.0. The lowest BCUT2D eigenvalue weighted by molar-refractivity contribution is 0.184. The molecular formula is C12H12Cl2N2O. The van der Waals surface area contributed by atoms with Gasteiger partial charge in [-0.1, -0.05) is 30.1 Å². The van der Waals surface area contributed by atoms with Crippen LogP contribution in [0.15, 0.2) is 18.5 Å². The molecule has 0 N–H and O–H groups in total. The third-order valence-electron chi connectivity index (χ3n) is 2.67. The van der Waals surface area contributed by atoms with Crippen LogP contribution in [-0.2, 0) is 4.74 Å². The largest absolute Gasteiger partial charge is 0.384 e. The van der Waals surface area contributed by atoms with Gasteiger partial charge < -0.3 is 4.74 Å². The van der Waals surface area contributed by atoms with Crippen molar-refractivity contribution in [2.45, 2.75) is 12.8 Å². The topological polar surface area (TPSA) is 35.0 Å². The van der Waals surface area contributed by atoms with Gasteiger partial charge >= 0.3 is 0 Å². The molecule has 2 aromatic rings. The highest BCUT2D eigenvalue weighted by atomic mass is 35.5. The molecule has 0 spiro atoms. The third-order valence-corrected chi connectivity index (χ3v) is 3.18. The van der Waals surface area contributed by atoms with E-state index in [9.17, 15) is 0 Å². The number of ether oxygens (including phenoxy) is 1. The standard InChI is InChI=1S/C12H12Cl2N2O/c1-7(6-17-2)9-4-16-12(14)10-5-15-11(13)3-8(9)10/h3-5,7H,6H2,1-2H3/t7-/m0/s1. The first-order chi connectivity index (χ1) is 8.13. The number of hydrogen-bond donors (Lipinski definition) is 0. The minimum atomic E-state index is 0.228. The van der Waals surface area contributed by atoms with Crippen LogP contribution in [0.25, 0.3) is 10.8 Å². The van der Waals surface area contributed by atoms with Gasteiger partial charge in [0.1, 0.15) is 10.3 Å². The zero-order valence-electron chi connectivity index (χ0n) is 9.58. The highest BCUT2D eigenvalue weighted by Crippen LogP contribution is 2.30. The quantitative estimate of drug-likeness (QED) is 0.798. The third kappa shape index (κ3) is 2.51. The maximum Gasteiger partial charge on any atom is 0.138 e. The second-order valence-corrected chi connectivity index (χ2v) is 4.66. The fraction of sp³-hybridized carbons (Fsp3) is 0.333. The molecular weight excluding hydrogens is 259 g/mol. The molecule has 0 amide bonds. The molecule has 90 valence electrons. The van der Waals surface area contributed by atoms with Crippen LogP contribution in [0, 0.1) is 0 Å². The van der Waals surface area contributed by atoms with Crippen molar-refractivity contribution in [3.8, 4) is 0 Å². The van der Waals surface area contributed by atoms with E-state index in [0.717, 1.165) is 16.3 Å². The lowest BCUT2D eigenvalue weighted by atomic mass is 9.99. The molecule has 1 atom stereocenters. The van der Waals surface area contributed by atoms with Gasteiger partial charge in [-0.25, -0.2) is 9.97 Å². The molecule has 2 aromatic heterocycles. The second kappa shape index (κ2) is 5.17. The normalized spacial score (nSPS) is 12.9. The Hall–Kier alpha value is -0.900. The van der Waals surface area contributed by atoms with Crippen LogP contribution in [0.1, 0.15) is 18.4 Å². The first kappa shape index (κ1) is 12.6. The predicted octanol–water partition coefficient (Wildman–Crippen LogP) is 3.69. The van der Waals surface area contributed by atoms with Gasteiger partial charge in [0.2, 0.25) is 0 Å². The molecule has 5 heteroatoms. The molecule has 0 saturated heterocycles. The molecule has 0 fully saturated rings.